The molecule has 0 aliphatic heterocycles. The third kappa shape index (κ3) is 4.02. The second-order valence-corrected chi connectivity index (χ2v) is 6.63. The maximum atomic E-state index is 13.1. The van der Waals surface area contributed by atoms with Gasteiger partial charge in [-0.3, -0.25) is 0 Å². The molecule has 22 heavy (non-hydrogen) atoms. The molecule has 0 fully saturated rings. The van der Waals surface area contributed by atoms with Gasteiger partial charge in [0, 0.05) is 13.6 Å². The fourth-order valence-electron chi connectivity index (χ4n) is 1.75. The molecule has 2 aromatic rings. The summed E-state index contributed by atoms with van der Waals surface area (Å²) in [6.45, 7) is 0.174. The van der Waals surface area contributed by atoms with Gasteiger partial charge < -0.3 is 4.74 Å². The number of hydrogen-bond acceptors (Lipinski definition) is 3. The third-order valence-electron chi connectivity index (χ3n) is 2.99. The minimum absolute atomic E-state index is 0.0796. The normalized spacial score (nSPS) is 11.6. The predicted molar refractivity (Wildman–Crippen MR) is 78.1 cm³/mol. The Hall–Kier alpha value is -1.99. The summed E-state index contributed by atoms with van der Waals surface area (Å²) in [5.74, 6) is -0.548. The lowest BCUT2D eigenvalue weighted by molar-refractivity contribution is 0.286. The van der Waals surface area contributed by atoms with E-state index >= 15 is 0 Å². The van der Waals surface area contributed by atoms with Crippen LogP contribution in [0.4, 0.5) is 8.78 Å². The number of halogens is 2. The second-order valence-electron chi connectivity index (χ2n) is 4.59. The molecular weight excluding hydrogens is 312 g/mol. The molecule has 0 bridgehead atoms. The summed E-state index contributed by atoms with van der Waals surface area (Å²) in [5.41, 5.74) is 0. The minimum Gasteiger partial charge on any atom is -0.492 e. The van der Waals surface area contributed by atoms with Crippen LogP contribution < -0.4 is 4.74 Å². The quantitative estimate of drug-likeness (QED) is 0.819. The van der Waals surface area contributed by atoms with E-state index in [9.17, 15) is 17.2 Å². The van der Waals surface area contributed by atoms with Crippen molar-refractivity contribution in [3.05, 3.63) is 60.2 Å². The maximum absolute atomic E-state index is 13.1. The zero-order valence-corrected chi connectivity index (χ0v) is 12.7. The average Bonchev–Trinajstić information content (AvgIpc) is 2.49. The van der Waals surface area contributed by atoms with Gasteiger partial charge >= 0.3 is 0 Å². The van der Waals surface area contributed by atoms with Gasteiger partial charge in [0.05, 0.1) is 4.90 Å². The van der Waals surface area contributed by atoms with Crippen molar-refractivity contribution in [1.82, 2.24) is 4.31 Å². The number of benzene rings is 2. The Morgan fingerprint density at radius 3 is 2.36 bits per heavy atom. The van der Waals surface area contributed by atoms with Crippen molar-refractivity contribution in [3.63, 3.8) is 0 Å². The zero-order valence-electron chi connectivity index (χ0n) is 11.9. The summed E-state index contributed by atoms with van der Waals surface area (Å²) in [6, 6.07) is 10.2. The molecule has 0 aliphatic rings. The molecule has 0 aliphatic carbocycles. The molecule has 0 amide bonds. The van der Waals surface area contributed by atoms with Crippen molar-refractivity contribution in [3.8, 4) is 5.75 Å². The number of rotatable bonds is 6. The van der Waals surface area contributed by atoms with Gasteiger partial charge in [0.2, 0.25) is 10.0 Å². The van der Waals surface area contributed by atoms with Gasteiger partial charge in [-0.15, -0.1) is 0 Å². The summed E-state index contributed by atoms with van der Waals surface area (Å²) >= 11 is 0. The lowest BCUT2D eigenvalue weighted by atomic mass is 10.3. The molecule has 0 heterocycles. The van der Waals surface area contributed by atoms with Gasteiger partial charge in [-0.25, -0.2) is 17.2 Å². The molecule has 0 spiro atoms. The Balaban J connectivity index is 1.96. The first-order valence-corrected chi connectivity index (χ1v) is 7.94. The summed E-state index contributed by atoms with van der Waals surface area (Å²) in [7, 11) is -2.39. The van der Waals surface area contributed by atoms with Crippen LogP contribution in [0.15, 0.2) is 53.4 Å². The van der Waals surface area contributed by atoms with Crippen LogP contribution in [0.25, 0.3) is 0 Å². The number of likely N-dealkylation sites (N-methyl/N-ethyl adjacent to an activating group) is 1. The highest BCUT2D eigenvalue weighted by Gasteiger charge is 2.20. The molecule has 0 radical (unpaired) electrons. The van der Waals surface area contributed by atoms with Crippen LogP contribution in [0.2, 0.25) is 0 Å². The van der Waals surface area contributed by atoms with E-state index in [2.05, 4.69) is 0 Å². The van der Waals surface area contributed by atoms with Crippen LogP contribution in [0.3, 0.4) is 0 Å². The molecule has 2 aromatic carbocycles. The molecule has 2 rings (SSSR count). The summed E-state index contributed by atoms with van der Waals surface area (Å²) in [4.78, 5) is -0.114. The van der Waals surface area contributed by atoms with E-state index in [0.29, 0.717) is 5.75 Å². The predicted octanol–water partition coefficient (Wildman–Crippen LogP) is 2.66. The molecular formula is C15H15F2NO3S. The van der Waals surface area contributed by atoms with Crippen molar-refractivity contribution in [2.75, 3.05) is 20.2 Å². The van der Waals surface area contributed by atoms with Crippen LogP contribution in [0, 0.1) is 11.6 Å². The fourth-order valence-corrected chi connectivity index (χ4v) is 2.94. The van der Waals surface area contributed by atoms with E-state index in [4.69, 9.17) is 4.74 Å². The van der Waals surface area contributed by atoms with Crippen molar-refractivity contribution >= 4 is 10.0 Å². The Kier molecular flexibility index (Phi) is 5.10. The average molecular weight is 327 g/mol. The SMILES string of the molecule is CN(CCOc1ccc(F)cc1)S(=O)(=O)c1cccc(F)c1. The Morgan fingerprint density at radius 1 is 1.05 bits per heavy atom. The van der Waals surface area contributed by atoms with Crippen LogP contribution >= 0.6 is 0 Å². The van der Waals surface area contributed by atoms with Gasteiger partial charge in [0.25, 0.3) is 0 Å². The summed E-state index contributed by atoms with van der Waals surface area (Å²) in [6.07, 6.45) is 0. The summed E-state index contributed by atoms with van der Waals surface area (Å²) in [5, 5.41) is 0. The van der Waals surface area contributed by atoms with E-state index in [1.807, 2.05) is 0 Å². The third-order valence-corrected chi connectivity index (χ3v) is 4.85. The molecule has 0 aromatic heterocycles. The van der Waals surface area contributed by atoms with Gasteiger partial charge in [0.1, 0.15) is 24.0 Å². The van der Waals surface area contributed by atoms with Crippen molar-refractivity contribution in [1.29, 1.82) is 0 Å². The van der Waals surface area contributed by atoms with Crippen LogP contribution in [0.1, 0.15) is 0 Å². The topological polar surface area (TPSA) is 46.6 Å². The second kappa shape index (κ2) is 6.85. The molecule has 118 valence electrons. The standard InChI is InChI=1S/C15H15F2NO3S/c1-18(9-10-21-14-7-5-12(16)6-8-14)22(19,20)15-4-2-3-13(17)11-15/h2-8,11H,9-10H2,1H3. The van der Waals surface area contributed by atoms with Crippen molar-refractivity contribution < 1.29 is 21.9 Å². The minimum atomic E-state index is -3.77. The molecule has 4 nitrogen and oxygen atoms in total. The van der Waals surface area contributed by atoms with E-state index in [1.54, 1.807) is 0 Å². The first-order valence-electron chi connectivity index (χ1n) is 6.50. The molecule has 0 unspecified atom stereocenters. The Bertz CT molecular complexity index is 733. The van der Waals surface area contributed by atoms with Gasteiger partial charge in [-0.1, -0.05) is 6.07 Å². The number of hydrogen-bond donors (Lipinski definition) is 0. The molecule has 0 saturated carbocycles. The van der Waals surface area contributed by atoms with E-state index < -0.39 is 15.8 Å². The lowest BCUT2D eigenvalue weighted by Gasteiger charge is -2.17. The largest absolute Gasteiger partial charge is 0.492 e. The first kappa shape index (κ1) is 16.4. The highest BCUT2D eigenvalue weighted by atomic mass is 32.2. The molecule has 0 saturated heterocycles. The monoisotopic (exact) mass is 327 g/mol. The number of nitrogens with zero attached hydrogens (tertiary/aromatic N) is 1. The van der Waals surface area contributed by atoms with Crippen LogP contribution in [0.5, 0.6) is 5.75 Å². The van der Waals surface area contributed by atoms with E-state index in [1.165, 1.54) is 49.5 Å². The maximum Gasteiger partial charge on any atom is 0.243 e. The molecule has 7 heteroatoms. The molecule has 0 atom stereocenters. The highest BCUT2D eigenvalue weighted by Crippen LogP contribution is 2.16. The van der Waals surface area contributed by atoms with E-state index in [0.717, 1.165) is 10.4 Å². The number of ether oxygens (including phenoxy) is 1. The van der Waals surface area contributed by atoms with Gasteiger partial charge in [0.15, 0.2) is 0 Å². The van der Waals surface area contributed by atoms with Crippen molar-refractivity contribution in [2.45, 2.75) is 4.90 Å². The zero-order chi connectivity index (χ0) is 16.2. The first-order chi connectivity index (χ1) is 10.4. The lowest BCUT2D eigenvalue weighted by Crippen LogP contribution is -2.31. The van der Waals surface area contributed by atoms with Crippen LogP contribution in [-0.2, 0) is 10.0 Å². The highest BCUT2D eigenvalue weighted by molar-refractivity contribution is 7.89. The summed E-state index contributed by atoms with van der Waals surface area (Å²) < 4.78 is 56.7. The Labute approximate surface area is 128 Å². The number of sulfonamides is 1. The van der Waals surface area contributed by atoms with Gasteiger partial charge in [-0.05, 0) is 42.5 Å². The van der Waals surface area contributed by atoms with Gasteiger partial charge in [-0.2, -0.15) is 4.31 Å². The Morgan fingerprint density at radius 2 is 1.73 bits per heavy atom. The van der Waals surface area contributed by atoms with Crippen molar-refractivity contribution in [2.24, 2.45) is 0 Å². The van der Waals surface area contributed by atoms with E-state index in [-0.39, 0.29) is 23.9 Å². The smallest absolute Gasteiger partial charge is 0.243 e. The fraction of sp³-hybridized carbons (Fsp3) is 0.200. The molecule has 0 N–H and O–H groups in total. The van der Waals surface area contributed by atoms with Crippen LogP contribution in [-0.4, -0.2) is 32.9 Å².